The van der Waals surface area contributed by atoms with Crippen molar-refractivity contribution in [2.24, 2.45) is 5.92 Å². The molecule has 0 bridgehead atoms. The second-order valence-electron chi connectivity index (χ2n) is 7.41. The molecule has 2 aromatic rings. The fourth-order valence-electron chi connectivity index (χ4n) is 4.04. The summed E-state index contributed by atoms with van der Waals surface area (Å²) < 4.78 is 2.01. The lowest BCUT2D eigenvalue weighted by Crippen LogP contribution is -2.24. The Hall–Kier alpha value is -2.56. The van der Waals surface area contributed by atoms with Gasteiger partial charge in [-0.15, -0.1) is 5.10 Å². The van der Waals surface area contributed by atoms with Crippen LogP contribution in [0.25, 0.3) is 5.69 Å². The molecule has 5 heteroatoms. The van der Waals surface area contributed by atoms with E-state index in [1.807, 2.05) is 22.9 Å². The number of carbonyl (C=O) groups excluding carboxylic acids is 1. The van der Waals surface area contributed by atoms with Gasteiger partial charge in [-0.25, -0.2) is 4.68 Å². The molecular formula is C21H26N4O. The number of allylic oxidation sites excluding steroid dienone is 1. The minimum absolute atomic E-state index is 0.0176. The first kappa shape index (κ1) is 16.9. The van der Waals surface area contributed by atoms with E-state index in [9.17, 15) is 4.79 Å². The van der Waals surface area contributed by atoms with Crippen molar-refractivity contribution in [2.45, 2.75) is 44.4 Å². The van der Waals surface area contributed by atoms with Crippen molar-refractivity contribution in [3.05, 3.63) is 54.4 Å². The number of anilines is 1. The lowest BCUT2D eigenvalue weighted by Gasteiger charge is -2.22. The van der Waals surface area contributed by atoms with Crippen molar-refractivity contribution in [1.82, 2.24) is 15.1 Å². The molecule has 0 radical (unpaired) electrons. The van der Waals surface area contributed by atoms with Gasteiger partial charge in [0.05, 0.1) is 11.6 Å². The van der Waals surface area contributed by atoms with E-state index in [0.29, 0.717) is 24.7 Å². The Balaban J connectivity index is 1.60. The van der Waals surface area contributed by atoms with Crippen molar-refractivity contribution in [1.29, 1.82) is 0 Å². The molecule has 0 spiro atoms. The van der Waals surface area contributed by atoms with Crippen LogP contribution in [0.5, 0.6) is 0 Å². The fraction of sp³-hybridized carbons (Fsp3) is 0.429. The second-order valence-corrected chi connectivity index (χ2v) is 7.41. The maximum absolute atomic E-state index is 12.6. The smallest absolute Gasteiger partial charge is 0.230 e. The SMILES string of the molecule is C=C1CC(C(=O)Nc2cc(C3CCCCC3)n(-c3ccccc3)n2)CN1. The zero-order valence-electron chi connectivity index (χ0n) is 15.1. The van der Waals surface area contributed by atoms with E-state index in [-0.39, 0.29) is 11.8 Å². The predicted octanol–water partition coefficient (Wildman–Crippen LogP) is 3.98. The van der Waals surface area contributed by atoms with E-state index in [2.05, 4.69) is 35.4 Å². The van der Waals surface area contributed by atoms with Crippen molar-refractivity contribution < 1.29 is 4.79 Å². The molecule has 1 amide bonds. The highest BCUT2D eigenvalue weighted by Gasteiger charge is 2.27. The monoisotopic (exact) mass is 350 g/mol. The van der Waals surface area contributed by atoms with Gasteiger partial charge >= 0.3 is 0 Å². The summed E-state index contributed by atoms with van der Waals surface area (Å²) in [7, 11) is 0. The fourth-order valence-corrected chi connectivity index (χ4v) is 4.04. The number of rotatable bonds is 4. The predicted molar refractivity (Wildman–Crippen MR) is 103 cm³/mol. The Morgan fingerprint density at radius 1 is 1.19 bits per heavy atom. The van der Waals surface area contributed by atoms with Gasteiger partial charge in [0, 0.05) is 29.9 Å². The van der Waals surface area contributed by atoms with Crippen LogP contribution in [0, 0.1) is 5.92 Å². The zero-order chi connectivity index (χ0) is 17.9. The highest BCUT2D eigenvalue weighted by Crippen LogP contribution is 2.35. The van der Waals surface area contributed by atoms with Gasteiger partial charge < -0.3 is 10.6 Å². The Kier molecular flexibility index (Phi) is 4.78. The third-order valence-corrected chi connectivity index (χ3v) is 5.47. The van der Waals surface area contributed by atoms with Crippen molar-refractivity contribution in [2.75, 3.05) is 11.9 Å². The molecule has 1 aliphatic carbocycles. The van der Waals surface area contributed by atoms with Gasteiger partial charge in [0.15, 0.2) is 5.82 Å². The molecule has 1 unspecified atom stereocenters. The topological polar surface area (TPSA) is 59.0 Å². The molecule has 136 valence electrons. The molecule has 2 aliphatic rings. The number of benzene rings is 1. The molecule has 2 heterocycles. The van der Waals surface area contributed by atoms with Crippen LogP contribution in [0.4, 0.5) is 5.82 Å². The highest BCUT2D eigenvalue weighted by molar-refractivity contribution is 5.92. The molecule has 1 atom stereocenters. The first-order chi connectivity index (χ1) is 12.7. The summed E-state index contributed by atoms with van der Waals surface area (Å²) in [5.74, 6) is 1.11. The third-order valence-electron chi connectivity index (χ3n) is 5.47. The lowest BCUT2D eigenvalue weighted by atomic mass is 9.87. The number of nitrogens with zero attached hydrogens (tertiary/aromatic N) is 2. The van der Waals surface area contributed by atoms with Crippen LogP contribution in [0.3, 0.4) is 0 Å². The van der Waals surface area contributed by atoms with Gasteiger partial charge in [-0.2, -0.15) is 0 Å². The van der Waals surface area contributed by atoms with Gasteiger partial charge in [-0.05, 0) is 31.4 Å². The van der Waals surface area contributed by atoms with Crippen LogP contribution < -0.4 is 10.6 Å². The first-order valence-corrected chi connectivity index (χ1v) is 9.58. The molecule has 1 saturated carbocycles. The van der Waals surface area contributed by atoms with Gasteiger partial charge in [-0.3, -0.25) is 4.79 Å². The summed E-state index contributed by atoms with van der Waals surface area (Å²) in [6, 6.07) is 12.3. The van der Waals surface area contributed by atoms with Crippen LogP contribution in [0.2, 0.25) is 0 Å². The van der Waals surface area contributed by atoms with E-state index in [1.54, 1.807) is 0 Å². The number of aromatic nitrogens is 2. The molecular weight excluding hydrogens is 324 g/mol. The molecule has 2 N–H and O–H groups in total. The summed E-state index contributed by atoms with van der Waals surface area (Å²) in [5, 5.41) is 10.9. The summed E-state index contributed by atoms with van der Waals surface area (Å²) in [4.78, 5) is 12.6. The second kappa shape index (κ2) is 7.36. The Morgan fingerprint density at radius 2 is 1.96 bits per heavy atom. The highest BCUT2D eigenvalue weighted by atomic mass is 16.2. The van der Waals surface area contributed by atoms with Gasteiger partial charge in [0.1, 0.15) is 0 Å². The molecule has 1 aromatic heterocycles. The Bertz CT molecular complexity index is 790. The number of para-hydroxylation sites is 1. The Labute approximate surface area is 154 Å². The quantitative estimate of drug-likeness (QED) is 0.877. The standard InChI is InChI=1S/C21H26N4O/c1-15-12-17(14-22-15)21(26)23-20-13-19(16-8-4-2-5-9-16)25(24-20)18-10-6-3-7-11-18/h3,6-7,10-11,13,16-17,22H,1-2,4-5,8-9,12,14H2,(H,23,24,26). The molecule has 5 nitrogen and oxygen atoms in total. The number of nitrogens with one attached hydrogen (secondary N) is 2. The van der Waals surface area contributed by atoms with Crippen molar-refractivity contribution in [3.8, 4) is 5.69 Å². The lowest BCUT2D eigenvalue weighted by molar-refractivity contribution is -0.119. The largest absolute Gasteiger partial charge is 0.388 e. The van der Waals surface area contributed by atoms with Crippen LogP contribution in [-0.2, 0) is 4.79 Å². The van der Waals surface area contributed by atoms with Crippen molar-refractivity contribution >= 4 is 11.7 Å². The maximum Gasteiger partial charge on any atom is 0.230 e. The van der Waals surface area contributed by atoms with Gasteiger partial charge in [0.25, 0.3) is 0 Å². The zero-order valence-corrected chi connectivity index (χ0v) is 15.1. The maximum atomic E-state index is 12.6. The number of carbonyl (C=O) groups is 1. The van der Waals surface area contributed by atoms with Crippen LogP contribution >= 0.6 is 0 Å². The number of hydrogen-bond donors (Lipinski definition) is 2. The van der Waals surface area contributed by atoms with Crippen LogP contribution in [0.15, 0.2) is 48.7 Å². The molecule has 4 rings (SSSR count). The molecule has 1 saturated heterocycles. The number of hydrogen-bond acceptors (Lipinski definition) is 3. The Morgan fingerprint density at radius 3 is 2.65 bits per heavy atom. The molecule has 2 fully saturated rings. The van der Waals surface area contributed by atoms with Crippen LogP contribution in [0.1, 0.15) is 50.1 Å². The van der Waals surface area contributed by atoms with E-state index < -0.39 is 0 Å². The minimum atomic E-state index is -0.0671. The molecule has 26 heavy (non-hydrogen) atoms. The summed E-state index contributed by atoms with van der Waals surface area (Å²) >= 11 is 0. The third kappa shape index (κ3) is 3.52. The summed E-state index contributed by atoms with van der Waals surface area (Å²) in [6.45, 7) is 4.55. The average molecular weight is 350 g/mol. The van der Waals surface area contributed by atoms with E-state index >= 15 is 0 Å². The minimum Gasteiger partial charge on any atom is -0.388 e. The number of amides is 1. The normalized spacial score (nSPS) is 20.8. The van der Waals surface area contributed by atoms with Gasteiger partial charge in [-0.1, -0.05) is 44.0 Å². The van der Waals surface area contributed by atoms with Gasteiger partial charge in [0.2, 0.25) is 5.91 Å². The molecule has 1 aliphatic heterocycles. The van der Waals surface area contributed by atoms with Crippen molar-refractivity contribution in [3.63, 3.8) is 0 Å². The summed E-state index contributed by atoms with van der Waals surface area (Å²) in [5.41, 5.74) is 3.19. The van der Waals surface area contributed by atoms with E-state index in [4.69, 9.17) is 5.10 Å². The van der Waals surface area contributed by atoms with Crippen LogP contribution in [-0.4, -0.2) is 22.2 Å². The average Bonchev–Trinajstić information content (AvgIpc) is 3.30. The van der Waals surface area contributed by atoms with E-state index in [0.717, 1.165) is 11.4 Å². The first-order valence-electron chi connectivity index (χ1n) is 9.58. The summed E-state index contributed by atoms with van der Waals surface area (Å²) in [6.07, 6.45) is 6.93. The molecule has 1 aromatic carbocycles. The van der Waals surface area contributed by atoms with E-state index in [1.165, 1.54) is 37.8 Å².